The number of benzene rings is 1. The summed E-state index contributed by atoms with van der Waals surface area (Å²) in [5.41, 5.74) is 1.46. The third-order valence-corrected chi connectivity index (χ3v) is 6.87. The molecule has 2 fully saturated rings. The normalized spacial score (nSPS) is 19.0. The lowest BCUT2D eigenvalue weighted by Crippen LogP contribution is -3.12. The number of quaternary nitrogens is 1. The third-order valence-electron chi connectivity index (χ3n) is 6.39. The Morgan fingerprint density at radius 3 is 2.43 bits per heavy atom. The second kappa shape index (κ2) is 9.23. The Kier molecular flexibility index (Phi) is 6.47. The number of hydrogen-bond acceptors (Lipinski definition) is 3. The van der Waals surface area contributed by atoms with Gasteiger partial charge >= 0.3 is 0 Å². The van der Waals surface area contributed by atoms with E-state index in [2.05, 4.69) is 24.3 Å². The zero-order valence-corrected chi connectivity index (χ0v) is 17.8. The number of ether oxygens (including phenoxy) is 1. The largest absolute Gasteiger partial charge is 0.486 e. The van der Waals surface area contributed by atoms with Gasteiger partial charge in [-0.15, -0.1) is 5.10 Å². The molecule has 0 bridgehead atoms. The minimum atomic E-state index is 0.450. The molecule has 0 atom stereocenters. The summed E-state index contributed by atoms with van der Waals surface area (Å²) < 4.78 is 10.8. The van der Waals surface area contributed by atoms with E-state index in [-0.39, 0.29) is 0 Å². The zero-order chi connectivity index (χ0) is 19.3. The summed E-state index contributed by atoms with van der Waals surface area (Å²) in [7, 11) is 1.99. The van der Waals surface area contributed by atoms with Gasteiger partial charge in [0.05, 0.1) is 13.1 Å². The van der Waals surface area contributed by atoms with E-state index in [1.165, 1.54) is 70.0 Å². The summed E-state index contributed by atoms with van der Waals surface area (Å²) in [5, 5.41) is 4.74. The van der Waals surface area contributed by atoms with Crippen LogP contribution in [0.1, 0.15) is 68.7 Å². The molecule has 1 aromatic heterocycles. The van der Waals surface area contributed by atoms with Crippen molar-refractivity contribution in [2.75, 3.05) is 13.1 Å². The summed E-state index contributed by atoms with van der Waals surface area (Å²) in [4.78, 5) is 1.58. The molecule has 6 heteroatoms. The fraction of sp³-hybridized carbons (Fsp3) is 0.636. The molecule has 1 saturated carbocycles. The Bertz CT molecular complexity index is 814. The number of piperidine rings is 1. The van der Waals surface area contributed by atoms with Gasteiger partial charge in [0, 0.05) is 7.05 Å². The maximum atomic E-state index is 6.02. The highest BCUT2D eigenvalue weighted by atomic mass is 32.1. The van der Waals surface area contributed by atoms with Crippen LogP contribution in [0.15, 0.2) is 24.3 Å². The van der Waals surface area contributed by atoms with Crippen LogP contribution in [0.4, 0.5) is 0 Å². The molecule has 0 amide bonds. The van der Waals surface area contributed by atoms with Crippen LogP contribution in [0.5, 0.6) is 5.75 Å². The van der Waals surface area contributed by atoms with Crippen molar-refractivity contribution in [1.82, 2.24) is 14.3 Å². The van der Waals surface area contributed by atoms with E-state index in [0.717, 1.165) is 28.9 Å². The van der Waals surface area contributed by atoms with Crippen LogP contribution in [0.3, 0.4) is 0 Å². The molecule has 28 heavy (non-hydrogen) atoms. The van der Waals surface area contributed by atoms with E-state index in [1.54, 1.807) is 4.90 Å². The molecule has 2 aliphatic rings. The van der Waals surface area contributed by atoms with Crippen molar-refractivity contribution in [3.63, 3.8) is 0 Å². The predicted octanol–water partition coefficient (Wildman–Crippen LogP) is 3.60. The van der Waals surface area contributed by atoms with Crippen LogP contribution in [-0.4, -0.2) is 27.4 Å². The standard InChI is InChI=1S/C22H32N4OS/c1-24-21(23-26(22(24)28)17-25-14-6-3-7-15-25)16-27-20-12-10-19(11-13-20)18-8-4-2-5-9-18/h10-13,18H,2-9,14-17H2,1H3/p+1. The first kappa shape index (κ1) is 19.6. The monoisotopic (exact) mass is 401 g/mol. The van der Waals surface area contributed by atoms with Gasteiger partial charge in [-0.3, -0.25) is 0 Å². The number of hydrogen-bond donors (Lipinski definition) is 1. The topological polar surface area (TPSA) is 36.4 Å². The minimum absolute atomic E-state index is 0.450. The molecule has 0 unspecified atom stereocenters. The number of aromatic nitrogens is 3. The van der Waals surface area contributed by atoms with Crippen molar-refractivity contribution >= 4 is 12.2 Å². The van der Waals surface area contributed by atoms with Crippen molar-refractivity contribution < 1.29 is 9.64 Å². The highest BCUT2D eigenvalue weighted by molar-refractivity contribution is 7.71. The lowest BCUT2D eigenvalue weighted by atomic mass is 9.84. The molecule has 5 nitrogen and oxygen atoms in total. The second-order valence-electron chi connectivity index (χ2n) is 8.42. The summed E-state index contributed by atoms with van der Waals surface area (Å²) in [6.45, 7) is 3.75. The summed E-state index contributed by atoms with van der Waals surface area (Å²) >= 11 is 5.60. The molecule has 0 radical (unpaired) electrons. The first-order chi connectivity index (χ1) is 13.7. The van der Waals surface area contributed by atoms with E-state index in [1.807, 2.05) is 16.3 Å². The molecule has 1 N–H and O–H groups in total. The maximum absolute atomic E-state index is 6.02. The lowest BCUT2D eigenvalue weighted by molar-refractivity contribution is -0.928. The van der Waals surface area contributed by atoms with Crippen molar-refractivity contribution in [3.8, 4) is 5.75 Å². The highest BCUT2D eigenvalue weighted by Crippen LogP contribution is 2.33. The van der Waals surface area contributed by atoms with Crippen LogP contribution < -0.4 is 9.64 Å². The molecule has 2 heterocycles. The lowest BCUT2D eigenvalue weighted by Gasteiger charge is -2.22. The van der Waals surface area contributed by atoms with Gasteiger partial charge in [0.15, 0.2) is 12.5 Å². The summed E-state index contributed by atoms with van der Waals surface area (Å²) in [6, 6.07) is 8.69. The van der Waals surface area contributed by atoms with Crippen molar-refractivity contribution in [1.29, 1.82) is 0 Å². The SMILES string of the molecule is Cn1c(COc2ccc(C3CCCCC3)cc2)nn(C[NH+]2CCCCC2)c1=S. The second-order valence-corrected chi connectivity index (χ2v) is 8.78. The smallest absolute Gasteiger partial charge is 0.202 e. The molecule has 0 spiro atoms. The van der Waals surface area contributed by atoms with Crippen molar-refractivity contribution in [2.24, 2.45) is 7.05 Å². The Hall–Kier alpha value is -1.66. The number of rotatable bonds is 6. The molecule has 2 aromatic rings. The molecular weight excluding hydrogens is 368 g/mol. The van der Waals surface area contributed by atoms with E-state index in [4.69, 9.17) is 22.1 Å². The molecule has 1 saturated heterocycles. The molecular formula is C22H33N4OS+. The van der Waals surface area contributed by atoms with Gasteiger partial charge in [-0.2, -0.15) is 4.68 Å². The van der Waals surface area contributed by atoms with Crippen LogP contribution in [0.2, 0.25) is 0 Å². The average Bonchev–Trinajstić information content (AvgIpc) is 3.02. The van der Waals surface area contributed by atoms with Gasteiger partial charge in [-0.1, -0.05) is 31.4 Å². The van der Waals surface area contributed by atoms with Crippen LogP contribution in [0, 0.1) is 4.77 Å². The van der Waals surface area contributed by atoms with Crippen LogP contribution in [-0.2, 0) is 20.3 Å². The average molecular weight is 402 g/mol. The molecule has 4 rings (SSSR count). The number of nitrogens with one attached hydrogen (secondary N) is 1. The van der Waals surface area contributed by atoms with Gasteiger partial charge in [0.2, 0.25) is 4.77 Å². The van der Waals surface area contributed by atoms with Crippen LogP contribution >= 0.6 is 12.2 Å². The fourth-order valence-corrected chi connectivity index (χ4v) is 4.81. The van der Waals surface area contributed by atoms with Crippen molar-refractivity contribution in [2.45, 2.75) is 70.6 Å². The quantitative estimate of drug-likeness (QED) is 0.752. The molecule has 152 valence electrons. The van der Waals surface area contributed by atoms with Crippen LogP contribution in [0.25, 0.3) is 0 Å². The Balaban J connectivity index is 1.36. The Morgan fingerprint density at radius 2 is 1.71 bits per heavy atom. The number of nitrogens with zero attached hydrogens (tertiary/aromatic N) is 3. The minimum Gasteiger partial charge on any atom is -0.486 e. The van der Waals surface area contributed by atoms with Gasteiger partial charge in [-0.25, -0.2) is 0 Å². The van der Waals surface area contributed by atoms with E-state index in [9.17, 15) is 0 Å². The van der Waals surface area contributed by atoms with E-state index < -0.39 is 0 Å². The molecule has 1 aliphatic heterocycles. The van der Waals surface area contributed by atoms with Crippen molar-refractivity contribution in [3.05, 3.63) is 40.4 Å². The highest BCUT2D eigenvalue weighted by Gasteiger charge is 2.18. The summed E-state index contributed by atoms with van der Waals surface area (Å²) in [5.74, 6) is 2.52. The van der Waals surface area contributed by atoms with Gasteiger partial charge in [0.25, 0.3) is 0 Å². The predicted molar refractivity (Wildman–Crippen MR) is 113 cm³/mol. The Morgan fingerprint density at radius 1 is 1.04 bits per heavy atom. The first-order valence-electron chi connectivity index (χ1n) is 10.9. The number of likely N-dealkylation sites (tertiary alicyclic amines) is 1. The fourth-order valence-electron chi connectivity index (χ4n) is 4.60. The van der Waals surface area contributed by atoms with E-state index in [0.29, 0.717) is 6.61 Å². The molecule has 1 aromatic carbocycles. The van der Waals surface area contributed by atoms with Gasteiger partial charge in [0.1, 0.15) is 12.4 Å². The first-order valence-corrected chi connectivity index (χ1v) is 11.3. The molecule has 1 aliphatic carbocycles. The summed E-state index contributed by atoms with van der Waals surface area (Å²) in [6.07, 6.45) is 10.8. The van der Waals surface area contributed by atoms with E-state index >= 15 is 0 Å². The Labute approximate surface area is 173 Å². The van der Waals surface area contributed by atoms with Gasteiger partial charge in [-0.05, 0) is 67.9 Å². The van der Waals surface area contributed by atoms with Gasteiger partial charge < -0.3 is 14.2 Å². The maximum Gasteiger partial charge on any atom is 0.202 e. The zero-order valence-electron chi connectivity index (χ0n) is 17.0. The third kappa shape index (κ3) is 4.66.